The van der Waals surface area contributed by atoms with Gasteiger partial charge < -0.3 is 19.5 Å². The van der Waals surface area contributed by atoms with E-state index in [1.807, 2.05) is 72.8 Å². The average Bonchev–Trinajstić information content (AvgIpc) is 0.761. The number of hydrogen-bond donors (Lipinski definition) is 4. The van der Waals surface area contributed by atoms with Crippen LogP contribution in [0.15, 0.2) is 198 Å². The molecule has 1 saturated carbocycles. The maximum absolute atomic E-state index is 13.0. The van der Waals surface area contributed by atoms with E-state index in [2.05, 4.69) is 128 Å². The first-order valence-corrected chi connectivity index (χ1v) is 34.0. The minimum Gasteiger partial charge on any atom is -0.456 e. The highest BCUT2D eigenvalue weighted by molar-refractivity contribution is 7.86. The molecule has 8 aromatic carbocycles. The van der Waals surface area contributed by atoms with Gasteiger partial charge in [-0.05, 0) is 198 Å². The molecular formula is C78H72N4O8S2. The van der Waals surface area contributed by atoms with Crippen LogP contribution in [-0.4, -0.2) is 25.9 Å². The number of nitrogens with zero attached hydrogens (tertiary/aromatic N) is 2. The summed E-state index contributed by atoms with van der Waals surface area (Å²) in [6, 6.07) is 53.9. The molecule has 0 saturated heterocycles. The lowest BCUT2D eigenvalue weighted by atomic mass is 9.64. The largest absolute Gasteiger partial charge is 0.456 e. The summed E-state index contributed by atoms with van der Waals surface area (Å²) in [5, 5.41) is 10.2. The van der Waals surface area contributed by atoms with Crippen molar-refractivity contribution in [3.05, 3.63) is 247 Å². The van der Waals surface area contributed by atoms with E-state index in [0.29, 0.717) is 77.6 Å². The van der Waals surface area contributed by atoms with E-state index < -0.39 is 20.2 Å². The SMILES string of the molecule is Cc1cc(C)c(/N=c2/ccc3c(-c4ccccc4S(=O)(=O)O)c4ccc(Nc5c(C)cc(C6(c7cc(C)c(Nc8ccc9c(-c%10ccccc%10S(=O)(=O)O)c%10cc/c(=N/c%11c(C)cc(C)cc%11C)cc-%10oc9c8)c(C)c7)CCCCC6)cc5C)cc4oc-3c2)c(C)c1. The summed E-state index contributed by atoms with van der Waals surface area (Å²) in [5.74, 6) is 1.01. The summed E-state index contributed by atoms with van der Waals surface area (Å²) in [6.45, 7) is 21.0. The van der Waals surface area contributed by atoms with E-state index in [4.69, 9.17) is 18.8 Å². The molecule has 92 heavy (non-hydrogen) atoms. The zero-order valence-electron chi connectivity index (χ0n) is 53.3. The second-order valence-corrected chi connectivity index (χ2v) is 28.0. The second kappa shape index (κ2) is 23.7. The van der Waals surface area contributed by atoms with Crippen LogP contribution in [0.4, 0.5) is 34.1 Å². The fraction of sp³-hybridized carbons (Fsp3) is 0.205. The number of aryl methyl sites for hydroxylation is 10. The smallest absolute Gasteiger partial charge is 0.295 e. The van der Waals surface area contributed by atoms with Crippen LogP contribution in [0.1, 0.15) is 98.9 Å². The molecule has 0 spiro atoms. The molecule has 1 fully saturated rings. The number of hydrogen-bond acceptors (Lipinski definition) is 10. The van der Waals surface area contributed by atoms with Crippen molar-refractivity contribution >= 4 is 76.3 Å². The summed E-state index contributed by atoms with van der Waals surface area (Å²) in [5.41, 5.74) is 22.7. The van der Waals surface area contributed by atoms with Crippen molar-refractivity contribution in [3.63, 3.8) is 0 Å². The number of rotatable bonds is 12. The topological polar surface area (TPSA) is 184 Å². The van der Waals surface area contributed by atoms with Gasteiger partial charge in [0.2, 0.25) is 0 Å². The lowest BCUT2D eigenvalue weighted by molar-refractivity contribution is 0.345. The molecule has 0 aromatic heterocycles. The Morgan fingerprint density at radius 1 is 0.402 bits per heavy atom. The van der Waals surface area contributed by atoms with Crippen molar-refractivity contribution in [2.75, 3.05) is 10.6 Å². The average molecular weight is 1260 g/mol. The van der Waals surface area contributed by atoms with Crippen LogP contribution in [-0.2, 0) is 25.7 Å². The molecule has 2 aliphatic heterocycles. The van der Waals surface area contributed by atoms with Gasteiger partial charge in [0.15, 0.2) is 0 Å². The Labute approximate surface area is 537 Å². The Morgan fingerprint density at radius 2 is 0.772 bits per heavy atom. The van der Waals surface area contributed by atoms with Crippen LogP contribution in [0, 0.1) is 69.2 Å². The maximum atomic E-state index is 13.0. The minimum absolute atomic E-state index is 0.198. The highest BCUT2D eigenvalue weighted by atomic mass is 32.2. The quantitative estimate of drug-likeness (QED) is 0.0678. The molecule has 0 bridgehead atoms. The van der Waals surface area contributed by atoms with Gasteiger partial charge in [0.1, 0.15) is 32.5 Å². The van der Waals surface area contributed by atoms with E-state index in [9.17, 15) is 25.9 Å². The van der Waals surface area contributed by atoms with Crippen molar-refractivity contribution in [2.45, 2.75) is 117 Å². The molecule has 2 heterocycles. The van der Waals surface area contributed by atoms with Crippen LogP contribution in [0.3, 0.4) is 0 Å². The van der Waals surface area contributed by atoms with Crippen molar-refractivity contribution < 1.29 is 34.8 Å². The number of anilines is 4. The van der Waals surface area contributed by atoms with Gasteiger partial charge in [-0.25, -0.2) is 9.98 Å². The van der Waals surface area contributed by atoms with Crippen LogP contribution in [0.5, 0.6) is 0 Å². The molecule has 4 N–H and O–H groups in total. The Bertz CT molecular complexity index is 4930. The van der Waals surface area contributed by atoms with Crippen LogP contribution >= 0.6 is 0 Å². The molecule has 0 radical (unpaired) electrons. The molecule has 464 valence electrons. The fourth-order valence-electron chi connectivity index (χ4n) is 14.4. The lowest BCUT2D eigenvalue weighted by Gasteiger charge is -2.40. The predicted octanol–water partition coefficient (Wildman–Crippen LogP) is 19.5. The van der Waals surface area contributed by atoms with Crippen molar-refractivity contribution in [3.8, 4) is 44.9 Å². The van der Waals surface area contributed by atoms with Crippen molar-refractivity contribution in [1.29, 1.82) is 0 Å². The van der Waals surface area contributed by atoms with Crippen molar-refractivity contribution in [2.24, 2.45) is 9.98 Å². The standard InChI is InChI=1S/C78H72N4O8S2/c1-44-32-46(3)74(47(4)33-44)79-56-22-26-60-66(40-56)89-68-42-58(24-28-62(68)72(60)64-18-12-14-20-70(64)91(83,84)85)81-76-50(7)36-54(37-51(76)8)78(30-16-11-17-31-78)55-38-52(9)77(53(10)39-55)82-59-25-29-63-69(43-59)90-67-41-57(80-75-48(5)34-45(2)35-49(75)6)23-27-61(67)73(63)65-19-13-15-21-71(65)92(86,87)88/h12-15,18-29,32-43,81-82H,11,16-17,30-31H2,1-10H3,(H,83,84,85)(H,86,87,88)/b79-56-,80-57-. The molecule has 12 nitrogen and oxygen atoms in total. The van der Waals surface area contributed by atoms with Gasteiger partial charge in [0.25, 0.3) is 20.2 Å². The Kier molecular flexibility index (Phi) is 15.8. The van der Waals surface area contributed by atoms with Gasteiger partial charge in [-0.15, -0.1) is 0 Å². The van der Waals surface area contributed by atoms with Gasteiger partial charge in [-0.1, -0.05) is 115 Å². The van der Waals surface area contributed by atoms with Crippen molar-refractivity contribution in [1.82, 2.24) is 0 Å². The molecule has 5 aliphatic rings. The summed E-state index contributed by atoms with van der Waals surface area (Å²) < 4.78 is 86.5. The molecule has 14 heteroatoms. The summed E-state index contributed by atoms with van der Waals surface area (Å²) >= 11 is 0. The summed E-state index contributed by atoms with van der Waals surface area (Å²) in [6.07, 6.45) is 5.34. The Balaban J connectivity index is 0.853. The Morgan fingerprint density at radius 3 is 1.14 bits per heavy atom. The third-order valence-corrected chi connectivity index (χ3v) is 20.3. The van der Waals surface area contributed by atoms with E-state index in [1.54, 1.807) is 36.4 Å². The highest BCUT2D eigenvalue weighted by Crippen LogP contribution is 2.50. The highest BCUT2D eigenvalue weighted by Gasteiger charge is 2.37. The second-order valence-electron chi connectivity index (χ2n) is 25.3. The molecular weight excluding hydrogens is 1190 g/mol. The normalized spacial score (nSPS) is 14.0. The lowest BCUT2D eigenvalue weighted by Crippen LogP contribution is -2.31. The van der Waals surface area contributed by atoms with Gasteiger partial charge in [0, 0.05) is 96.6 Å². The van der Waals surface area contributed by atoms with Gasteiger partial charge in [-0.3, -0.25) is 9.11 Å². The van der Waals surface area contributed by atoms with Gasteiger partial charge >= 0.3 is 0 Å². The maximum Gasteiger partial charge on any atom is 0.295 e. The molecule has 0 atom stereocenters. The molecule has 8 aromatic rings. The molecule has 0 amide bonds. The number of benzene rings is 10. The fourth-order valence-corrected chi connectivity index (χ4v) is 15.8. The monoisotopic (exact) mass is 1260 g/mol. The molecule has 3 aliphatic carbocycles. The minimum atomic E-state index is -4.61. The zero-order valence-corrected chi connectivity index (χ0v) is 54.9. The van der Waals surface area contributed by atoms with E-state index in [0.717, 1.165) is 122 Å². The first kappa shape index (κ1) is 61.4. The van der Waals surface area contributed by atoms with Crippen LogP contribution in [0.25, 0.3) is 66.8 Å². The first-order valence-electron chi connectivity index (χ1n) is 31.1. The van der Waals surface area contributed by atoms with Gasteiger partial charge in [0.05, 0.1) is 22.1 Å². The van der Waals surface area contributed by atoms with Crippen LogP contribution < -0.4 is 21.3 Å². The molecule has 13 rings (SSSR count). The van der Waals surface area contributed by atoms with E-state index in [1.165, 1.54) is 23.3 Å². The Hall–Kier alpha value is -9.44. The zero-order chi connectivity index (χ0) is 64.7. The summed E-state index contributed by atoms with van der Waals surface area (Å²) in [4.78, 5) is 9.74. The van der Waals surface area contributed by atoms with Crippen LogP contribution in [0.2, 0.25) is 0 Å². The first-order chi connectivity index (χ1) is 43.9. The van der Waals surface area contributed by atoms with E-state index in [-0.39, 0.29) is 15.2 Å². The number of fused-ring (bicyclic) bond motifs is 4. The third-order valence-electron chi connectivity index (χ3n) is 18.4. The number of nitrogens with one attached hydrogen (secondary N) is 2. The predicted molar refractivity (Wildman–Crippen MR) is 370 cm³/mol. The van der Waals surface area contributed by atoms with E-state index >= 15 is 0 Å². The third kappa shape index (κ3) is 11.5. The van der Waals surface area contributed by atoms with Gasteiger partial charge in [-0.2, -0.15) is 16.8 Å². The summed E-state index contributed by atoms with van der Waals surface area (Å²) in [7, 11) is -9.22. The molecule has 0 unspecified atom stereocenters.